The van der Waals surface area contributed by atoms with Gasteiger partial charge in [-0.2, -0.15) is 0 Å². The average molecular weight is 394 g/mol. The Labute approximate surface area is 172 Å². The fourth-order valence-electron chi connectivity index (χ4n) is 4.99. The molecule has 2 aliphatic rings. The smallest absolute Gasteiger partial charge is 0.254 e. The highest BCUT2D eigenvalue weighted by atomic mass is 16.1. The van der Waals surface area contributed by atoms with Gasteiger partial charge in [-0.25, -0.2) is 4.98 Å². The van der Waals surface area contributed by atoms with Crippen LogP contribution in [0.3, 0.4) is 0 Å². The number of hydrogen-bond donors (Lipinski definition) is 3. The standard InChI is InChI=1S/C23H31N5O/c1-4-6-15(5-2)14-28-17-7-8-18(28)12-16(11-17)27-21-19-9-10-25-22(19)26-13-20(21)23(29)24-3/h4-6,9-10,13,16-18H,7-8,11-12,14H2,1-3H3,(H,24,29)(H2,25,26,27)/b6-4-,15-5+. The summed E-state index contributed by atoms with van der Waals surface area (Å²) in [5.74, 6) is -0.104. The number of pyridine rings is 1. The molecular formula is C23H31N5O. The topological polar surface area (TPSA) is 73.1 Å². The molecule has 0 aliphatic carbocycles. The lowest BCUT2D eigenvalue weighted by atomic mass is 9.95. The third kappa shape index (κ3) is 3.81. The van der Waals surface area contributed by atoms with Gasteiger partial charge in [0.05, 0.1) is 11.3 Å². The van der Waals surface area contributed by atoms with E-state index in [4.69, 9.17) is 0 Å². The minimum absolute atomic E-state index is 0.104. The van der Waals surface area contributed by atoms with Gasteiger partial charge < -0.3 is 15.6 Å². The quantitative estimate of drug-likeness (QED) is 0.652. The molecule has 2 bridgehead atoms. The van der Waals surface area contributed by atoms with E-state index < -0.39 is 0 Å². The molecule has 1 amide bonds. The largest absolute Gasteiger partial charge is 0.381 e. The summed E-state index contributed by atoms with van der Waals surface area (Å²) >= 11 is 0. The van der Waals surface area contributed by atoms with Gasteiger partial charge in [0, 0.05) is 49.5 Å². The fraction of sp³-hybridized carbons (Fsp3) is 0.478. The van der Waals surface area contributed by atoms with Crippen LogP contribution in [0.5, 0.6) is 0 Å². The van der Waals surface area contributed by atoms with Gasteiger partial charge in [0.25, 0.3) is 5.91 Å². The summed E-state index contributed by atoms with van der Waals surface area (Å²) < 4.78 is 0. The number of carbonyl (C=O) groups is 1. The normalized spacial score (nSPS) is 25.1. The van der Waals surface area contributed by atoms with Crippen molar-refractivity contribution in [3.63, 3.8) is 0 Å². The minimum atomic E-state index is -0.104. The summed E-state index contributed by atoms with van der Waals surface area (Å²) in [7, 11) is 1.66. The first-order valence-electron chi connectivity index (χ1n) is 10.6. The van der Waals surface area contributed by atoms with Crippen LogP contribution in [-0.2, 0) is 0 Å². The highest BCUT2D eigenvalue weighted by Gasteiger charge is 2.40. The highest BCUT2D eigenvalue weighted by Crippen LogP contribution is 2.38. The highest BCUT2D eigenvalue weighted by molar-refractivity contribution is 6.06. The number of nitrogens with one attached hydrogen (secondary N) is 3. The number of aromatic amines is 1. The summed E-state index contributed by atoms with van der Waals surface area (Å²) in [5, 5.41) is 7.45. The summed E-state index contributed by atoms with van der Waals surface area (Å²) in [6.45, 7) is 5.23. The molecule has 6 nitrogen and oxygen atoms in total. The summed E-state index contributed by atoms with van der Waals surface area (Å²) in [4.78, 5) is 22.7. The third-order valence-electron chi connectivity index (χ3n) is 6.41. The maximum absolute atomic E-state index is 12.4. The van der Waals surface area contributed by atoms with Crippen LogP contribution in [0.2, 0.25) is 0 Å². The van der Waals surface area contributed by atoms with Gasteiger partial charge >= 0.3 is 0 Å². The van der Waals surface area contributed by atoms with Crippen molar-refractivity contribution in [3.8, 4) is 0 Å². The Morgan fingerprint density at radius 3 is 2.72 bits per heavy atom. The summed E-state index contributed by atoms with van der Waals surface area (Å²) in [5.41, 5.74) is 3.71. The minimum Gasteiger partial charge on any atom is -0.381 e. The number of anilines is 1. The lowest BCUT2D eigenvalue weighted by Crippen LogP contribution is -2.47. The molecule has 6 heteroatoms. The Morgan fingerprint density at radius 2 is 2.07 bits per heavy atom. The number of carbonyl (C=O) groups excluding carboxylic acids is 1. The number of H-pyrrole nitrogens is 1. The predicted octanol–water partition coefficient (Wildman–Crippen LogP) is 3.85. The van der Waals surface area contributed by atoms with Crippen molar-refractivity contribution >= 4 is 22.6 Å². The van der Waals surface area contributed by atoms with Gasteiger partial charge in [-0.05, 0) is 51.2 Å². The molecule has 4 heterocycles. The molecule has 0 aromatic carbocycles. The molecule has 3 N–H and O–H groups in total. The molecule has 0 spiro atoms. The van der Waals surface area contributed by atoms with Gasteiger partial charge in [-0.15, -0.1) is 0 Å². The van der Waals surface area contributed by atoms with Crippen molar-refractivity contribution in [1.82, 2.24) is 20.2 Å². The second kappa shape index (κ2) is 8.41. The van der Waals surface area contributed by atoms with Crippen LogP contribution in [0.1, 0.15) is 49.9 Å². The van der Waals surface area contributed by atoms with Gasteiger partial charge in [-0.3, -0.25) is 9.69 Å². The van der Waals surface area contributed by atoms with E-state index in [1.165, 1.54) is 18.4 Å². The van der Waals surface area contributed by atoms with E-state index in [2.05, 4.69) is 57.6 Å². The number of amides is 1. The van der Waals surface area contributed by atoms with Crippen LogP contribution in [0, 0.1) is 0 Å². The van der Waals surface area contributed by atoms with E-state index in [0.29, 0.717) is 23.7 Å². The monoisotopic (exact) mass is 393 g/mol. The molecule has 2 aromatic heterocycles. The Kier molecular flexibility index (Phi) is 5.72. The first kappa shape index (κ1) is 19.7. The second-order valence-electron chi connectivity index (χ2n) is 8.10. The number of rotatable bonds is 6. The summed E-state index contributed by atoms with van der Waals surface area (Å²) in [6.07, 6.45) is 14.8. The van der Waals surface area contributed by atoms with E-state index in [-0.39, 0.29) is 5.91 Å². The number of aromatic nitrogens is 2. The molecule has 0 radical (unpaired) electrons. The lowest BCUT2D eigenvalue weighted by Gasteiger charge is -2.40. The number of hydrogen-bond acceptors (Lipinski definition) is 4. The van der Waals surface area contributed by atoms with Gasteiger partial charge in [0.2, 0.25) is 0 Å². The van der Waals surface area contributed by atoms with E-state index in [9.17, 15) is 4.79 Å². The number of fused-ring (bicyclic) bond motifs is 3. The molecule has 2 aliphatic heterocycles. The molecule has 2 saturated heterocycles. The van der Waals surface area contributed by atoms with Crippen LogP contribution in [0.15, 0.2) is 42.3 Å². The van der Waals surface area contributed by atoms with E-state index in [1.807, 2.05) is 12.3 Å². The molecule has 154 valence electrons. The maximum Gasteiger partial charge on any atom is 0.254 e. The van der Waals surface area contributed by atoms with E-state index in [1.54, 1.807) is 13.2 Å². The van der Waals surface area contributed by atoms with Crippen LogP contribution in [-0.4, -0.2) is 52.5 Å². The lowest BCUT2D eigenvalue weighted by molar-refractivity contribution is 0.0963. The van der Waals surface area contributed by atoms with Crippen molar-refractivity contribution in [2.45, 2.75) is 57.7 Å². The van der Waals surface area contributed by atoms with Gasteiger partial charge in [0.15, 0.2) is 0 Å². The summed E-state index contributed by atoms with van der Waals surface area (Å²) in [6, 6.07) is 3.55. The number of piperidine rings is 1. The van der Waals surface area contributed by atoms with Gasteiger partial charge in [0.1, 0.15) is 5.65 Å². The molecular weight excluding hydrogens is 362 g/mol. The van der Waals surface area contributed by atoms with E-state index >= 15 is 0 Å². The Balaban J connectivity index is 1.54. The number of allylic oxidation sites excluding steroid dienone is 2. The zero-order chi connectivity index (χ0) is 20.4. The molecule has 0 saturated carbocycles. The van der Waals surface area contributed by atoms with Gasteiger partial charge in [-0.1, -0.05) is 18.2 Å². The molecule has 4 rings (SSSR count). The second-order valence-corrected chi connectivity index (χ2v) is 8.10. The molecule has 2 atom stereocenters. The maximum atomic E-state index is 12.4. The molecule has 2 unspecified atom stereocenters. The Hall–Kier alpha value is -2.60. The first-order valence-corrected chi connectivity index (χ1v) is 10.6. The van der Waals surface area contributed by atoms with Crippen molar-refractivity contribution in [2.75, 3.05) is 18.9 Å². The van der Waals surface area contributed by atoms with Crippen molar-refractivity contribution < 1.29 is 4.79 Å². The Bertz CT molecular complexity index is 930. The molecule has 2 aromatic rings. The number of nitrogens with zero attached hydrogens (tertiary/aromatic N) is 2. The van der Waals surface area contributed by atoms with Crippen molar-refractivity contribution in [2.24, 2.45) is 0 Å². The van der Waals surface area contributed by atoms with Crippen molar-refractivity contribution in [1.29, 1.82) is 0 Å². The van der Waals surface area contributed by atoms with Crippen LogP contribution >= 0.6 is 0 Å². The van der Waals surface area contributed by atoms with Crippen molar-refractivity contribution in [3.05, 3.63) is 47.8 Å². The van der Waals surface area contributed by atoms with Crippen LogP contribution in [0.25, 0.3) is 11.0 Å². The fourth-order valence-corrected chi connectivity index (χ4v) is 4.99. The molecule has 29 heavy (non-hydrogen) atoms. The zero-order valence-electron chi connectivity index (χ0n) is 17.5. The Morgan fingerprint density at radius 1 is 1.31 bits per heavy atom. The first-order chi connectivity index (χ1) is 14.1. The SMILES string of the molecule is C/C=C\C(=C/C)CN1C2CCC1CC(Nc1c(C(=O)NC)cnc3[nH]ccc13)C2. The zero-order valence-corrected chi connectivity index (χ0v) is 17.5. The van der Waals surface area contributed by atoms with Crippen LogP contribution < -0.4 is 10.6 Å². The predicted molar refractivity (Wildman–Crippen MR) is 118 cm³/mol. The average Bonchev–Trinajstić information content (AvgIpc) is 3.29. The van der Waals surface area contributed by atoms with E-state index in [0.717, 1.165) is 36.1 Å². The van der Waals surface area contributed by atoms with Crippen LogP contribution in [0.4, 0.5) is 5.69 Å². The molecule has 2 fully saturated rings. The third-order valence-corrected chi connectivity index (χ3v) is 6.41.